The molecule has 1 saturated heterocycles. The summed E-state index contributed by atoms with van der Waals surface area (Å²) in [6.07, 6.45) is 2.14. The standard InChI is InChI=1S/C33H26F2N2O6/c1-43-30-27-22(18-8-3-2-4-9-18)14-24(33(41)42)29(38)23(27)15-25(34)28(30)36-13-7-10-19(16-36)26(35)17-37-31(39)20-11-5-6-12-21(20)32(37)40/h2-6,8-9,11-12,14-15,22H,7,10,13,16-17H2,1H3,(H,41,42)/b26-19+. The number of hydrogen-bond acceptors (Lipinski definition) is 6. The highest BCUT2D eigenvalue weighted by atomic mass is 19.1. The predicted octanol–water partition coefficient (Wildman–Crippen LogP) is 5.29. The topological polar surface area (TPSA) is 104 Å². The summed E-state index contributed by atoms with van der Waals surface area (Å²) < 4.78 is 37.3. The first kappa shape index (κ1) is 28.0. The maximum atomic E-state index is 15.9. The van der Waals surface area contributed by atoms with Crippen LogP contribution in [0.3, 0.4) is 0 Å². The minimum atomic E-state index is -1.42. The zero-order valence-electron chi connectivity index (χ0n) is 23.1. The van der Waals surface area contributed by atoms with E-state index >= 15 is 8.78 Å². The number of Topliss-reactive ketones (excluding diaryl/α,β-unsaturated/α-hetero) is 1. The van der Waals surface area contributed by atoms with Crippen molar-refractivity contribution in [2.75, 3.05) is 31.6 Å². The maximum Gasteiger partial charge on any atom is 0.339 e. The third kappa shape index (κ3) is 4.68. The molecule has 2 amide bonds. The molecule has 0 saturated carbocycles. The molecule has 218 valence electrons. The molecule has 10 heteroatoms. The van der Waals surface area contributed by atoms with Crippen molar-refractivity contribution >= 4 is 29.3 Å². The van der Waals surface area contributed by atoms with Crippen LogP contribution in [0, 0.1) is 5.82 Å². The van der Waals surface area contributed by atoms with E-state index in [0.717, 1.165) is 11.0 Å². The quantitative estimate of drug-likeness (QED) is 0.310. The number of fused-ring (bicyclic) bond motifs is 2. The summed E-state index contributed by atoms with van der Waals surface area (Å²) >= 11 is 0. The number of carboxylic acid groups (broad SMARTS) is 1. The molecule has 0 radical (unpaired) electrons. The largest absolute Gasteiger partial charge is 0.494 e. The fourth-order valence-corrected chi connectivity index (χ4v) is 6.11. The van der Waals surface area contributed by atoms with Gasteiger partial charge in [-0.3, -0.25) is 19.3 Å². The van der Waals surface area contributed by atoms with E-state index in [0.29, 0.717) is 36.1 Å². The number of amides is 2. The van der Waals surface area contributed by atoms with Crippen LogP contribution in [0.4, 0.5) is 14.5 Å². The van der Waals surface area contributed by atoms with Crippen molar-refractivity contribution in [3.05, 3.63) is 117 Å². The Hall–Kier alpha value is -5.12. The number of carboxylic acids is 1. The molecule has 8 nitrogen and oxygen atoms in total. The molecule has 3 aliphatic rings. The van der Waals surface area contributed by atoms with E-state index in [-0.39, 0.29) is 34.7 Å². The molecule has 1 fully saturated rings. The first-order valence-electron chi connectivity index (χ1n) is 13.7. The Morgan fingerprint density at radius 2 is 1.65 bits per heavy atom. The SMILES string of the molecule is COc1c2c(cc(F)c1N1CCC/C(=C(\F)CN3C(=O)c4ccccc4C3=O)C1)C(=O)C(C(=O)O)=CC2c1ccccc1. The van der Waals surface area contributed by atoms with E-state index in [9.17, 15) is 24.3 Å². The summed E-state index contributed by atoms with van der Waals surface area (Å²) in [4.78, 5) is 53.2. The Bertz CT molecular complexity index is 1730. The summed E-state index contributed by atoms with van der Waals surface area (Å²) in [5, 5.41) is 9.71. The predicted molar refractivity (Wildman–Crippen MR) is 153 cm³/mol. The molecule has 43 heavy (non-hydrogen) atoms. The van der Waals surface area contributed by atoms with Crippen molar-refractivity contribution in [2.24, 2.45) is 0 Å². The Morgan fingerprint density at radius 3 is 2.28 bits per heavy atom. The Morgan fingerprint density at radius 1 is 1.00 bits per heavy atom. The van der Waals surface area contributed by atoms with E-state index in [2.05, 4.69) is 0 Å². The number of anilines is 1. The number of allylic oxidation sites excluding steroid dienone is 1. The average Bonchev–Trinajstić information content (AvgIpc) is 3.26. The maximum absolute atomic E-state index is 15.9. The van der Waals surface area contributed by atoms with Gasteiger partial charge < -0.3 is 14.7 Å². The molecule has 0 aromatic heterocycles. The molecule has 0 spiro atoms. The van der Waals surface area contributed by atoms with E-state index in [1.807, 2.05) is 0 Å². The second-order valence-corrected chi connectivity index (χ2v) is 10.6. The lowest BCUT2D eigenvalue weighted by molar-refractivity contribution is -0.132. The van der Waals surface area contributed by atoms with Gasteiger partial charge in [0.2, 0.25) is 5.78 Å². The lowest BCUT2D eigenvalue weighted by atomic mass is 9.78. The fraction of sp³-hybridized carbons (Fsp3) is 0.212. The van der Waals surface area contributed by atoms with Gasteiger partial charge in [0.25, 0.3) is 11.8 Å². The lowest BCUT2D eigenvalue weighted by Crippen LogP contribution is -2.35. The third-order valence-electron chi connectivity index (χ3n) is 8.14. The number of halogens is 2. The van der Waals surface area contributed by atoms with E-state index in [1.54, 1.807) is 47.4 Å². The Balaban J connectivity index is 1.38. The number of imide groups is 1. The molecule has 1 aliphatic carbocycles. The molecule has 1 unspecified atom stereocenters. The molecule has 6 rings (SSSR count). The number of rotatable bonds is 6. The first-order chi connectivity index (χ1) is 20.7. The minimum Gasteiger partial charge on any atom is -0.494 e. The highest BCUT2D eigenvalue weighted by molar-refractivity contribution is 6.25. The second-order valence-electron chi connectivity index (χ2n) is 10.6. The lowest BCUT2D eigenvalue weighted by Gasteiger charge is -2.35. The van der Waals surface area contributed by atoms with Gasteiger partial charge in [-0.05, 0) is 42.2 Å². The van der Waals surface area contributed by atoms with Crippen LogP contribution >= 0.6 is 0 Å². The molecular formula is C33H26F2N2O6. The molecule has 2 heterocycles. The van der Waals surface area contributed by atoms with Gasteiger partial charge in [0, 0.05) is 30.1 Å². The van der Waals surface area contributed by atoms with Gasteiger partial charge in [0.1, 0.15) is 22.8 Å². The molecule has 2 aliphatic heterocycles. The highest BCUT2D eigenvalue weighted by Gasteiger charge is 2.39. The number of ether oxygens (including phenoxy) is 1. The number of aliphatic carboxylic acids is 1. The Kier molecular flexibility index (Phi) is 7.13. The summed E-state index contributed by atoms with van der Waals surface area (Å²) in [6.45, 7) is -0.232. The van der Waals surface area contributed by atoms with Crippen LogP contribution < -0.4 is 9.64 Å². The molecule has 1 N–H and O–H groups in total. The number of ketones is 1. The smallest absolute Gasteiger partial charge is 0.339 e. The fourth-order valence-electron chi connectivity index (χ4n) is 6.11. The van der Waals surface area contributed by atoms with Crippen LogP contribution in [-0.4, -0.2) is 60.3 Å². The third-order valence-corrected chi connectivity index (χ3v) is 8.14. The monoisotopic (exact) mass is 584 g/mol. The summed E-state index contributed by atoms with van der Waals surface area (Å²) in [5.74, 6) is -5.52. The van der Waals surface area contributed by atoms with Crippen molar-refractivity contribution in [1.29, 1.82) is 0 Å². The van der Waals surface area contributed by atoms with Crippen molar-refractivity contribution in [1.82, 2.24) is 4.90 Å². The van der Waals surface area contributed by atoms with Crippen LogP contribution in [0.15, 0.2) is 83.7 Å². The van der Waals surface area contributed by atoms with Gasteiger partial charge in [-0.1, -0.05) is 48.5 Å². The summed E-state index contributed by atoms with van der Waals surface area (Å²) in [5.41, 5.74) is 1.20. The molecule has 3 aromatic carbocycles. The average molecular weight is 585 g/mol. The van der Waals surface area contributed by atoms with Crippen LogP contribution in [-0.2, 0) is 4.79 Å². The van der Waals surface area contributed by atoms with Crippen molar-refractivity contribution in [2.45, 2.75) is 18.8 Å². The van der Waals surface area contributed by atoms with Crippen molar-refractivity contribution in [3.8, 4) is 5.75 Å². The Labute approximate surface area is 245 Å². The van der Waals surface area contributed by atoms with Crippen LogP contribution in [0.5, 0.6) is 5.75 Å². The van der Waals surface area contributed by atoms with E-state index in [1.165, 1.54) is 25.3 Å². The van der Waals surface area contributed by atoms with Crippen LogP contribution in [0.1, 0.15) is 61.0 Å². The van der Waals surface area contributed by atoms with Crippen molar-refractivity contribution in [3.63, 3.8) is 0 Å². The van der Waals surface area contributed by atoms with Gasteiger partial charge in [-0.25, -0.2) is 13.6 Å². The number of carbonyl (C=O) groups is 4. The second kappa shape index (κ2) is 10.9. The highest BCUT2D eigenvalue weighted by Crippen LogP contribution is 2.47. The number of piperidine rings is 1. The van der Waals surface area contributed by atoms with Crippen molar-refractivity contribution < 1.29 is 37.8 Å². The van der Waals surface area contributed by atoms with Gasteiger partial charge in [-0.2, -0.15) is 0 Å². The van der Waals surface area contributed by atoms with E-state index < -0.39 is 53.2 Å². The van der Waals surface area contributed by atoms with Crippen LogP contribution in [0.25, 0.3) is 0 Å². The van der Waals surface area contributed by atoms with Gasteiger partial charge in [-0.15, -0.1) is 0 Å². The zero-order chi connectivity index (χ0) is 30.4. The molecule has 0 bridgehead atoms. The first-order valence-corrected chi connectivity index (χ1v) is 13.7. The minimum absolute atomic E-state index is 0.0212. The number of hydrogen-bond donors (Lipinski definition) is 1. The number of benzene rings is 3. The van der Waals surface area contributed by atoms with Crippen LogP contribution in [0.2, 0.25) is 0 Å². The molecule has 3 aromatic rings. The normalized spacial score (nSPS) is 19.2. The van der Waals surface area contributed by atoms with Gasteiger partial charge in [0.05, 0.1) is 24.8 Å². The molecule has 1 atom stereocenters. The molecular weight excluding hydrogens is 558 g/mol. The number of methoxy groups -OCH3 is 1. The van der Waals surface area contributed by atoms with E-state index in [4.69, 9.17) is 4.74 Å². The number of carbonyl (C=O) groups excluding carboxylic acids is 3. The van der Waals surface area contributed by atoms with Gasteiger partial charge in [0.15, 0.2) is 5.82 Å². The number of nitrogens with zero attached hydrogens (tertiary/aromatic N) is 2. The zero-order valence-corrected chi connectivity index (χ0v) is 23.1. The summed E-state index contributed by atoms with van der Waals surface area (Å²) in [6, 6.07) is 16.2. The summed E-state index contributed by atoms with van der Waals surface area (Å²) in [7, 11) is 1.34. The van der Waals surface area contributed by atoms with Gasteiger partial charge >= 0.3 is 5.97 Å².